The number of pyridine rings is 2. The summed E-state index contributed by atoms with van der Waals surface area (Å²) in [4.78, 5) is 20.1. The Balaban J connectivity index is 1.42. The number of benzene rings is 1. The van der Waals surface area contributed by atoms with Crippen molar-refractivity contribution in [3.05, 3.63) is 60.4 Å². The van der Waals surface area contributed by atoms with Crippen LogP contribution >= 0.6 is 0 Å². The molecule has 1 aromatic carbocycles. The van der Waals surface area contributed by atoms with Crippen LogP contribution in [0.5, 0.6) is 11.6 Å². The van der Waals surface area contributed by atoms with Crippen molar-refractivity contribution < 1.29 is 27.4 Å². The van der Waals surface area contributed by atoms with Crippen LogP contribution in [0.4, 0.5) is 13.2 Å². The van der Waals surface area contributed by atoms with E-state index in [1.807, 2.05) is 30.3 Å². The lowest BCUT2D eigenvalue weighted by Gasteiger charge is -2.10. The second-order valence-electron chi connectivity index (χ2n) is 6.08. The Hall–Kier alpha value is -3.36. The molecule has 0 aliphatic heterocycles. The van der Waals surface area contributed by atoms with Crippen LogP contribution < -0.4 is 14.8 Å². The highest BCUT2D eigenvalue weighted by Crippen LogP contribution is 2.23. The first-order valence-corrected chi connectivity index (χ1v) is 8.83. The molecule has 0 unspecified atom stereocenters. The summed E-state index contributed by atoms with van der Waals surface area (Å²) in [6.07, 6.45) is -1.01. The van der Waals surface area contributed by atoms with E-state index in [0.29, 0.717) is 25.3 Å². The summed E-state index contributed by atoms with van der Waals surface area (Å²) in [7, 11) is 0. The summed E-state index contributed by atoms with van der Waals surface area (Å²) in [5.41, 5.74) is 1.00. The van der Waals surface area contributed by atoms with Crippen molar-refractivity contribution >= 4 is 16.8 Å². The maximum Gasteiger partial charge on any atom is 0.422 e. The molecular formula is C20H18F3N3O3. The van der Waals surface area contributed by atoms with Gasteiger partial charge in [0.1, 0.15) is 11.3 Å². The molecular weight excluding hydrogens is 387 g/mol. The zero-order chi connectivity index (χ0) is 20.7. The van der Waals surface area contributed by atoms with E-state index in [2.05, 4.69) is 20.0 Å². The van der Waals surface area contributed by atoms with Gasteiger partial charge in [-0.25, -0.2) is 4.98 Å². The van der Waals surface area contributed by atoms with Gasteiger partial charge in [0.2, 0.25) is 5.88 Å². The number of carbonyl (C=O) groups excluding carboxylic acids is 1. The number of halogens is 3. The van der Waals surface area contributed by atoms with Crippen molar-refractivity contribution in [3.8, 4) is 11.6 Å². The summed E-state index contributed by atoms with van der Waals surface area (Å²) in [5.74, 6) is 0.0933. The summed E-state index contributed by atoms with van der Waals surface area (Å²) in [5, 5.41) is 3.68. The number of hydrogen-bond donors (Lipinski definition) is 1. The van der Waals surface area contributed by atoms with Gasteiger partial charge in [-0.05, 0) is 24.6 Å². The zero-order valence-electron chi connectivity index (χ0n) is 15.3. The average Bonchev–Trinajstić information content (AvgIpc) is 2.72. The molecule has 6 nitrogen and oxygen atoms in total. The quantitative estimate of drug-likeness (QED) is 0.578. The number of hydrogen-bond acceptors (Lipinski definition) is 5. The Morgan fingerprint density at radius 3 is 2.62 bits per heavy atom. The first-order chi connectivity index (χ1) is 13.9. The van der Waals surface area contributed by atoms with Crippen LogP contribution in [0.15, 0.2) is 54.9 Å². The molecule has 0 saturated carbocycles. The third-order valence-electron chi connectivity index (χ3n) is 3.84. The fraction of sp³-hybridized carbons (Fsp3) is 0.250. The van der Waals surface area contributed by atoms with Crippen molar-refractivity contribution in [1.29, 1.82) is 0 Å². The first kappa shape index (κ1) is 20.4. The highest BCUT2D eigenvalue weighted by Gasteiger charge is 2.28. The predicted molar refractivity (Wildman–Crippen MR) is 100.0 cm³/mol. The fourth-order valence-corrected chi connectivity index (χ4v) is 2.51. The molecule has 152 valence electrons. The van der Waals surface area contributed by atoms with Gasteiger partial charge in [0.25, 0.3) is 5.91 Å². The van der Waals surface area contributed by atoms with Crippen LogP contribution in [0.1, 0.15) is 16.8 Å². The van der Waals surface area contributed by atoms with Gasteiger partial charge in [0.15, 0.2) is 6.61 Å². The summed E-state index contributed by atoms with van der Waals surface area (Å²) in [6, 6.07) is 12.0. The Kier molecular flexibility index (Phi) is 6.48. The molecule has 0 aliphatic rings. The number of nitrogens with one attached hydrogen (secondary N) is 1. The normalized spacial score (nSPS) is 11.3. The minimum Gasteiger partial charge on any atom is -0.491 e. The van der Waals surface area contributed by atoms with Crippen molar-refractivity contribution in [2.24, 2.45) is 0 Å². The molecule has 0 saturated heterocycles. The average molecular weight is 405 g/mol. The third-order valence-corrected chi connectivity index (χ3v) is 3.84. The van der Waals surface area contributed by atoms with Gasteiger partial charge >= 0.3 is 6.18 Å². The number of para-hydroxylation sites is 1. The molecule has 0 spiro atoms. The number of alkyl halides is 3. The zero-order valence-corrected chi connectivity index (χ0v) is 15.3. The lowest BCUT2D eigenvalue weighted by molar-refractivity contribution is -0.154. The maximum atomic E-state index is 12.1. The van der Waals surface area contributed by atoms with Crippen LogP contribution in [-0.4, -0.2) is 41.8 Å². The molecule has 0 aliphatic carbocycles. The van der Waals surface area contributed by atoms with E-state index in [0.717, 1.165) is 10.9 Å². The van der Waals surface area contributed by atoms with Gasteiger partial charge in [-0.3, -0.25) is 9.78 Å². The third kappa shape index (κ3) is 6.06. The molecule has 0 radical (unpaired) electrons. The van der Waals surface area contributed by atoms with E-state index in [9.17, 15) is 18.0 Å². The fourth-order valence-electron chi connectivity index (χ4n) is 2.51. The standard InChI is InChI=1S/C20H18F3N3O3/c21-20(22,23)13-29-17-8-7-15(12-26-17)19(27)25-10-3-11-28-16-6-1-4-14-5-2-9-24-18(14)16/h1-2,4-9,12H,3,10-11,13H2,(H,25,27). The number of aromatic nitrogens is 2. The van der Waals surface area contributed by atoms with E-state index in [1.165, 1.54) is 18.3 Å². The molecule has 0 fully saturated rings. The number of ether oxygens (including phenoxy) is 2. The summed E-state index contributed by atoms with van der Waals surface area (Å²) >= 11 is 0. The number of nitrogens with zero attached hydrogens (tertiary/aromatic N) is 2. The van der Waals surface area contributed by atoms with Gasteiger partial charge in [0, 0.05) is 30.4 Å². The molecule has 0 atom stereocenters. The van der Waals surface area contributed by atoms with Crippen molar-refractivity contribution in [1.82, 2.24) is 15.3 Å². The molecule has 9 heteroatoms. The van der Waals surface area contributed by atoms with Gasteiger partial charge in [0.05, 0.1) is 12.2 Å². The van der Waals surface area contributed by atoms with Crippen LogP contribution in [-0.2, 0) is 0 Å². The van der Waals surface area contributed by atoms with Crippen LogP contribution in [0, 0.1) is 0 Å². The van der Waals surface area contributed by atoms with E-state index < -0.39 is 12.8 Å². The molecule has 3 aromatic rings. The monoisotopic (exact) mass is 405 g/mol. The minimum atomic E-state index is -4.44. The van der Waals surface area contributed by atoms with Gasteiger partial charge in [-0.2, -0.15) is 13.2 Å². The first-order valence-electron chi connectivity index (χ1n) is 8.83. The SMILES string of the molecule is O=C(NCCCOc1cccc2cccnc12)c1ccc(OCC(F)(F)F)nc1. The number of carbonyl (C=O) groups is 1. The summed E-state index contributed by atoms with van der Waals surface area (Å²) in [6.45, 7) is -0.681. The molecule has 2 aromatic heterocycles. The number of rotatable bonds is 8. The van der Waals surface area contributed by atoms with Crippen LogP contribution in [0.2, 0.25) is 0 Å². The van der Waals surface area contributed by atoms with E-state index >= 15 is 0 Å². The van der Waals surface area contributed by atoms with Crippen LogP contribution in [0.25, 0.3) is 10.9 Å². The number of amides is 1. The highest BCUT2D eigenvalue weighted by atomic mass is 19.4. The molecule has 0 bridgehead atoms. The second-order valence-corrected chi connectivity index (χ2v) is 6.08. The van der Waals surface area contributed by atoms with Gasteiger partial charge in [-0.15, -0.1) is 0 Å². The van der Waals surface area contributed by atoms with Gasteiger partial charge in [-0.1, -0.05) is 18.2 Å². The molecule has 1 N–H and O–H groups in total. The lowest BCUT2D eigenvalue weighted by atomic mass is 10.2. The Morgan fingerprint density at radius 2 is 1.86 bits per heavy atom. The van der Waals surface area contributed by atoms with Crippen molar-refractivity contribution in [3.63, 3.8) is 0 Å². The smallest absolute Gasteiger partial charge is 0.422 e. The van der Waals surface area contributed by atoms with Gasteiger partial charge < -0.3 is 14.8 Å². The Labute approximate surface area is 164 Å². The Bertz CT molecular complexity index is 957. The predicted octanol–water partition coefficient (Wildman–Crippen LogP) is 3.77. The topological polar surface area (TPSA) is 73.3 Å². The molecule has 29 heavy (non-hydrogen) atoms. The van der Waals surface area contributed by atoms with Crippen molar-refractivity contribution in [2.75, 3.05) is 19.8 Å². The Morgan fingerprint density at radius 1 is 1.03 bits per heavy atom. The number of fused-ring (bicyclic) bond motifs is 1. The van der Waals surface area contributed by atoms with E-state index in [1.54, 1.807) is 6.20 Å². The van der Waals surface area contributed by atoms with Crippen LogP contribution in [0.3, 0.4) is 0 Å². The van der Waals surface area contributed by atoms with E-state index in [4.69, 9.17) is 4.74 Å². The minimum absolute atomic E-state index is 0.198. The highest BCUT2D eigenvalue weighted by molar-refractivity contribution is 5.93. The van der Waals surface area contributed by atoms with E-state index in [-0.39, 0.29) is 17.4 Å². The second kappa shape index (κ2) is 9.22. The molecule has 3 rings (SSSR count). The lowest BCUT2D eigenvalue weighted by Crippen LogP contribution is -2.25. The molecule has 2 heterocycles. The molecule has 1 amide bonds. The maximum absolute atomic E-state index is 12.1. The summed E-state index contributed by atoms with van der Waals surface area (Å²) < 4.78 is 46.6. The largest absolute Gasteiger partial charge is 0.491 e. The van der Waals surface area contributed by atoms with Crippen molar-refractivity contribution in [2.45, 2.75) is 12.6 Å².